The number of fused-ring (bicyclic) bond motifs is 1. The van der Waals surface area contributed by atoms with Gasteiger partial charge in [-0.2, -0.15) is 0 Å². The maximum Gasteiger partial charge on any atom is 0.303 e. The zero-order chi connectivity index (χ0) is 20.6. The molecule has 4 nitrogen and oxygen atoms in total. The molecule has 0 bridgehead atoms. The Balaban J connectivity index is 1.77. The number of benzene rings is 1. The number of carbonyl (C=O) groups is 1. The molecule has 1 aliphatic carbocycles. The van der Waals surface area contributed by atoms with E-state index in [0.29, 0.717) is 18.3 Å². The highest BCUT2D eigenvalue weighted by atomic mass is 32.2. The number of allylic oxidation sites excluding steroid dienone is 7. The molecule has 0 amide bonds. The summed E-state index contributed by atoms with van der Waals surface area (Å²) in [7, 11) is 2.16. The van der Waals surface area contributed by atoms with Gasteiger partial charge in [-0.3, -0.25) is 9.79 Å². The van der Waals surface area contributed by atoms with Gasteiger partial charge in [-0.15, -0.1) is 0 Å². The zero-order valence-corrected chi connectivity index (χ0v) is 17.9. The first kappa shape index (κ1) is 21.2. The summed E-state index contributed by atoms with van der Waals surface area (Å²) in [5.74, 6) is -0.742. The number of hydrogen-bond acceptors (Lipinski definition) is 4. The lowest BCUT2D eigenvalue weighted by molar-refractivity contribution is -0.137. The molecule has 5 heteroatoms. The van der Waals surface area contributed by atoms with Gasteiger partial charge in [-0.25, -0.2) is 0 Å². The van der Waals surface area contributed by atoms with E-state index < -0.39 is 5.97 Å². The Labute approximate surface area is 177 Å². The van der Waals surface area contributed by atoms with Crippen molar-refractivity contribution < 1.29 is 9.90 Å². The number of carboxylic acid groups (broad SMARTS) is 1. The van der Waals surface area contributed by atoms with Crippen molar-refractivity contribution in [3.8, 4) is 0 Å². The van der Waals surface area contributed by atoms with Gasteiger partial charge in [0.05, 0.1) is 16.8 Å². The summed E-state index contributed by atoms with van der Waals surface area (Å²) in [4.78, 5) is 19.1. The number of para-hydroxylation sites is 1. The van der Waals surface area contributed by atoms with E-state index in [0.717, 1.165) is 24.1 Å². The number of aliphatic carboxylic acids is 1. The molecule has 1 N–H and O–H groups in total. The van der Waals surface area contributed by atoms with Crippen molar-refractivity contribution >= 4 is 29.1 Å². The SMILES string of the molecule is C/C=C\C(CC1Sc2ccccc2N1C)=C1\C=CC=CC1=NCCCCC(=O)O. The number of anilines is 1. The summed E-state index contributed by atoms with van der Waals surface area (Å²) in [6, 6.07) is 8.55. The summed E-state index contributed by atoms with van der Waals surface area (Å²) in [6.45, 7) is 2.70. The maximum atomic E-state index is 10.7. The van der Waals surface area contributed by atoms with Crippen molar-refractivity contribution in [3.63, 3.8) is 0 Å². The lowest BCUT2D eigenvalue weighted by Crippen LogP contribution is -2.25. The summed E-state index contributed by atoms with van der Waals surface area (Å²) >= 11 is 1.91. The van der Waals surface area contributed by atoms with E-state index in [-0.39, 0.29) is 6.42 Å². The normalized spacial score (nSPS) is 21.2. The molecule has 3 rings (SSSR count). The van der Waals surface area contributed by atoms with Gasteiger partial charge < -0.3 is 10.0 Å². The quantitative estimate of drug-likeness (QED) is 0.566. The van der Waals surface area contributed by atoms with Crippen LogP contribution in [0.5, 0.6) is 0 Å². The third-order valence-corrected chi connectivity index (χ3v) is 6.39. The van der Waals surface area contributed by atoms with E-state index in [1.807, 2.05) is 24.8 Å². The molecule has 1 unspecified atom stereocenters. The lowest BCUT2D eigenvalue weighted by atomic mass is 9.96. The molecule has 1 heterocycles. The Kier molecular flexibility index (Phi) is 7.53. The fraction of sp³-hybridized carbons (Fsp3) is 0.333. The fourth-order valence-electron chi connectivity index (χ4n) is 3.54. The Morgan fingerprint density at radius 3 is 2.79 bits per heavy atom. The first-order valence-corrected chi connectivity index (χ1v) is 10.9. The highest BCUT2D eigenvalue weighted by Gasteiger charge is 2.28. The molecule has 29 heavy (non-hydrogen) atoms. The molecular formula is C24H28N2O2S. The van der Waals surface area contributed by atoms with Crippen LogP contribution >= 0.6 is 11.8 Å². The van der Waals surface area contributed by atoms with Crippen LogP contribution in [0.4, 0.5) is 5.69 Å². The van der Waals surface area contributed by atoms with Crippen LogP contribution in [-0.2, 0) is 4.79 Å². The summed E-state index contributed by atoms with van der Waals surface area (Å²) < 4.78 is 0. The van der Waals surface area contributed by atoms with Crippen molar-refractivity contribution in [2.24, 2.45) is 4.99 Å². The molecular weight excluding hydrogens is 380 g/mol. The first-order valence-electron chi connectivity index (χ1n) is 10.1. The van der Waals surface area contributed by atoms with Gasteiger partial charge >= 0.3 is 5.97 Å². The maximum absolute atomic E-state index is 10.7. The van der Waals surface area contributed by atoms with Crippen LogP contribution in [-0.4, -0.2) is 35.8 Å². The molecule has 1 atom stereocenters. The van der Waals surface area contributed by atoms with Crippen molar-refractivity contribution in [2.45, 2.75) is 42.9 Å². The first-order chi connectivity index (χ1) is 14.1. The second-order valence-corrected chi connectivity index (χ2v) is 8.35. The van der Waals surface area contributed by atoms with E-state index in [1.165, 1.54) is 16.2 Å². The monoisotopic (exact) mass is 408 g/mol. The molecule has 1 aromatic carbocycles. The topological polar surface area (TPSA) is 52.9 Å². The molecule has 0 aromatic heterocycles. The summed E-state index contributed by atoms with van der Waals surface area (Å²) in [5, 5.41) is 9.13. The Hall–Kier alpha value is -2.53. The lowest BCUT2D eigenvalue weighted by Gasteiger charge is -2.23. The Morgan fingerprint density at radius 1 is 1.24 bits per heavy atom. The average molecular weight is 409 g/mol. The van der Waals surface area contributed by atoms with Gasteiger partial charge in [0.2, 0.25) is 0 Å². The van der Waals surface area contributed by atoms with Gasteiger partial charge in [-0.05, 0) is 43.5 Å². The van der Waals surface area contributed by atoms with E-state index in [2.05, 4.69) is 66.6 Å². The zero-order valence-electron chi connectivity index (χ0n) is 17.0. The standard InChI is InChI=1S/C24H28N2O2S/c1-3-10-18(17-23-26(2)21-13-6-7-14-22(21)29-23)19-11-4-5-12-20(19)25-16-9-8-15-24(27)28/h3-7,10-14,23H,8-9,15-17H2,1-2H3,(H,27,28)/b10-3-,19-18+,25-20?. The van der Waals surface area contributed by atoms with E-state index >= 15 is 0 Å². The predicted molar refractivity (Wildman–Crippen MR) is 123 cm³/mol. The van der Waals surface area contributed by atoms with Crippen LogP contribution < -0.4 is 4.90 Å². The van der Waals surface area contributed by atoms with Crippen molar-refractivity contribution in [2.75, 3.05) is 18.5 Å². The van der Waals surface area contributed by atoms with Crippen molar-refractivity contribution in [3.05, 3.63) is 71.9 Å². The summed E-state index contributed by atoms with van der Waals surface area (Å²) in [6.07, 6.45) is 15.1. The average Bonchev–Trinajstić information content (AvgIpc) is 3.03. The Morgan fingerprint density at radius 2 is 2.03 bits per heavy atom. The van der Waals surface area contributed by atoms with E-state index in [1.54, 1.807) is 0 Å². The molecule has 152 valence electrons. The number of rotatable bonds is 8. The minimum Gasteiger partial charge on any atom is -0.481 e. The number of hydrogen-bond donors (Lipinski definition) is 1. The van der Waals surface area contributed by atoms with Crippen LogP contribution in [0.25, 0.3) is 0 Å². The van der Waals surface area contributed by atoms with Crippen LogP contribution in [0.2, 0.25) is 0 Å². The molecule has 2 aliphatic rings. The van der Waals surface area contributed by atoms with Gasteiger partial charge in [-0.1, -0.05) is 54.3 Å². The third kappa shape index (κ3) is 5.51. The number of thioether (sulfide) groups is 1. The number of nitrogens with zero attached hydrogens (tertiary/aromatic N) is 2. The van der Waals surface area contributed by atoms with E-state index in [4.69, 9.17) is 10.1 Å². The fourth-order valence-corrected chi connectivity index (χ4v) is 4.85. The number of carboxylic acids is 1. The highest BCUT2D eigenvalue weighted by Crippen LogP contribution is 2.44. The molecule has 1 aliphatic heterocycles. The minimum atomic E-state index is -0.742. The molecule has 0 fully saturated rings. The van der Waals surface area contributed by atoms with Crippen molar-refractivity contribution in [1.82, 2.24) is 0 Å². The highest BCUT2D eigenvalue weighted by molar-refractivity contribution is 8.00. The second kappa shape index (κ2) is 10.3. The molecule has 0 radical (unpaired) electrons. The third-order valence-electron chi connectivity index (χ3n) is 5.03. The minimum absolute atomic E-state index is 0.207. The van der Waals surface area contributed by atoms with Gasteiger partial charge in [0.1, 0.15) is 0 Å². The van der Waals surface area contributed by atoms with Crippen molar-refractivity contribution in [1.29, 1.82) is 0 Å². The van der Waals surface area contributed by atoms with Gasteiger partial charge in [0.25, 0.3) is 0 Å². The second-order valence-electron chi connectivity index (χ2n) is 7.13. The number of aliphatic imine (C=N–C) groups is 1. The van der Waals surface area contributed by atoms with Gasteiger partial charge in [0.15, 0.2) is 0 Å². The van der Waals surface area contributed by atoms with E-state index in [9.17, 15) is 4.79 Å². The molecule has 0 saturated carbocycles. The van der Waals surface area contributed by atoms with Crippen LogP contribution in [0.15, 0.2) is 81.8 Å². The largest absolute Gasteiger partial charge is 0.481 e. The van der Waals surface area contributed by atoms with Crippen LogP contribution in [0, 0.1) is 0 Å². The number of unbranched alkanes of at least 4 members (excludes halogenated alkanes) is 1. The predicted octanol–water partition coefficient (Wildman–Crippen LogP) is 5.64. The van der Waals surface area contributed by atoms with Crippen LogP contribution in [0.3, 0.4) is 0 Å². The smallest absolute Gasteiger partial charge is 0.303 e. The Bertz CT molecular complexity index is 896. The molecule has 0 spiro atoms. The molecule has 0 saturated heterocycles. The summed E-state index contributed by atoms with van der Waals surface area (Å²) in [5.41, 5.74) is 4.71. The van der Waals surface area contributed by atoms with Crippen LogP contribution in [0.1, 0.15) is 32.6 Å². The van der Waals surface area contributed by atoms with Gasteiger partial charge in [0, 0.05) is 36.9 Å². The molecule has 1 aromatic rings.